The molecule has 1 aromatic carbocycles. The van der Waals surface area contributed by atoms with Crippen LogP contribution in [0.15, 0.2) is 30.5 Å². The molecule has 37 heavy (non-hydrogen) atoms. The number of rotatable bonds is 9. The number of carbonyl (C=O) groups is 5. The number of likely N-dealkylation sites (tertiary alicyclic amines) is 2. The number of para-hydroxylation sites is 1. The van der Waals surface area contributed by atoms with Crippen molar-refractivity contribution >= 4 is 40.6 Å². The van der Waals surface area contributed by atoms with Crippen LogP contribution in [0.2, 0.25) is 0 Å². The lowest BCUT2D eigenvalue weighted by molar-refractivity contribution is -0.153. The minimum absolute atomic E-state index is 0.167. The van der Waals surface area contributed by atoms with E-state index in [0.717, 1.165) is 16.5 Å². The first-order chi connectivity index (χ1) is 17.7. The lowest BCUT2D eigenvalue weighted by Crippen LogP contribution is -2.57. The smallest absolute Gasteiger partial charge is 0.326 e. The number of aromatic nitrogens is 1. The Labute approximate surface area is 212 Å². The Morgan fingerprint density at radius 3 is 2.41 bits per heavy atom. The van der Waals surface area contributed by atoms with Crippen molar-refractivity contribution in [1.29, 1.82) is 0 Å². The number of hydrogen-bond acceptors (Lipinski definition) is 6. The number of carboxylic acid groups (broad SMARTS) is 2. The van der Waals surface area contributed by atoms with Gasteiger partial charge in [0.2, 0.25) is 17.7 Å². The van der Waals surface area contributed by atoms with Gasteiger partial charge in [-0.1, -0.05) is 18.2 Å². The molecule has 198 valence electrons. The van der Waals surface area contributed by atoms with Gasteiger partial charge in [0, 0.05) is 30.2 Å². The van der Waals surface area contributed by atoms with E-state index in [9.17, 15) is 34.2 Å². The molecular weight excluding hydrogens is 482 g/mol. The number of aromatic amines is 1. The standard InChI is InChI=1S/C25H31N5O7/c26-16(11-14-13-27-17-6-2-1-5-15(14)17)22(33)28-18(12-21(31)32)23(34)29-9-3-7-19(29)24(35)30-10-4-8-20(30)25(36)37/h1-2,5-6,13,16,18-20,27H,3-4,7-12,26H2,(H,28,33)(H,31,32)(H,36,37). The van der Waals surface area contributed by atoms with Gasteiger partial charge in [0.1, 0.15) is 18.1 Å². The van der Waals surface area contributed by atoms with Gasteiger partial charge in [0.05, 0.1) is 12.5 Å². The number of nitrogens with one attached hydrogen (secondary N) is 2. The summed E-state index contributed by atoms with van der Waals surface area (Å²) in [5.74, 6) is -4.24. The van der Waals surface area contributed by atoms with Gasteiger partial charge in [-0.25, -0.2) is 4.79 Å². The first-order valence-electron chi connectivity index (χ1n) is 12.3. The Hall–Kier alpha value is -3.93. The molecule has 6 N–H and O–H groups in total. The number of hydrogen-bond donors (Lipinski definition) is 5. The summed E-state index contributed by atoms with van der Waals surface area (Å²) < 4.78 is 0. The lowest BCUT2D eigenvalue weighted by Gasteiger charge is -2.32. The molecule has 0 aliphatic carbocycles. The maximum atomic E-state index is 13.4. The van der Waals surface area contributed by atoms with Crippen LogP contribution in [0.25, 0.3) is 10.9 Å². The van der Waals surface area contributed by atoms with E-state index in [-0.39, 0.29) is 19.5 Å². The second-order valence-corrected chi connectivity index (χ2v) is 9.55. The summed E-state index contributed by atoms with van der Waals surface area (Å²) in [5, 5.41) is 22.2. The monoisotopic (exact) mass is 513 g/mol. The molecule has 0 bridgehead atoms. The van der Waals surface area contributed by atoms with E-state index in [1.54, 1.807) is 6.20 Å². The summed E-state index contributed by atoms with van der Waals surface area (Å²) >= 11 is 0. The zero-order valence-electron chi connectivity index (χ0n) is 20.3. The van der Waals surface area contributed by atoms with Crippen molar-refractivity contribution in [3.05, 3.63) is 36.0 Å². The van der Waals surface area contributed by atoms with Crippen LogP contribution in [0.3, 0.4) is 0 Å². The minimum Gasteiger partial charge on any atom is -0.481 e. The molecule has 2 aliphatic rings. The molecule has 2 saturated heterocycles. The fourth-order valence-corrected chi connectivity index (χ4v) is 5.25. The van der Waals surface area contributed by atoms with E-state index in [4.69, 9.17) is 5.73 Å². The van der Waals surface area contributed by atoms with Crippen LogP contribution in [-0.4, -0.2) is 91.9 Å². The largest absolute Gasteiger partial charge is 0.481 e. The third-order valence-electron chi connectivity index (χ3n) is 7.09. The molecule has 2 fully saturated rings. The fraction of sp³-hybridized carbons (Fsp3) is 0.480. The van der Waals surface area contributed by atoms with E-state index in [1.165, 1.54) is 9.80 Å². The molecule has 1 aromatic heterocycles. The van der Waals surface area contributed by atoms with Crippen molar-refractivity contribution in [3.63, 3.8) is 0 Å². The SMILES string of the molecule is NC(Cc1c[nH]c2ccccc12)C(=O)NC(CC(=O)O)C(=O)N1CCCC1C(=O)N1CCCC1C(=O)O. The molecule has 12 heteroatoms. The number of benzene rings is 1. The highest BCUT2D eigenvalue weighted by Crippen LogP contribution is 2.26. The number of aliphatic carboxylic acids is 2. The van der Waals surface area contributed by atoms with Crippen LogP contribution in [0.1, 0.15) is 37.7 Å². The summed E-state index contributed by atoms with van der Waals surface area (Å²) in [5.41, 5.74) is 7.81. The Morgan fingerprint density at radius 2 is 1.70 bits per heavy atom. The highest BCUT2D eigenvalue weighted by Gasteiger charge is 2.44. The van der Waals surface area contributed by atoms with Gasteiger partial charge < -0.3 is 36.0 Å². The van der Waals surface area contributed by atoms with Crippen molar-refractivity contribution < 1.29 is 34.2 Å². The molecule has 4 rings (SSSR count). The van der Waals surface area contributed by atoms with Gasteiger partial charge in [-0.05, 0) is 43.7 Å². The van der Waals surface area contributed by atoms with Gasteiger partial charge in [-0.15, -0.1) is 0 Å². The van der Waals surface area contributed by atoms with Gasteiger partial charge in [-0.3, -0.25) is 19.2 Å². The van der Waals surface area contributed by atoms with Crippen LogP contribution in [0, 0.1) is 0 Å². The number of nitrogens with two attached hydrogens (primary N) is 1. The Bertz CT molecular complexity index is 1210. The summed E-state index contributed by atoms with van der Waals surface area (Å²) in [6, 6.07) is 3.22. The van der Waals surface area contributed by atoms with Crippen molar-refractivity contribution in [1.82, 2.24) is 20.1 Å². The quantitative estimate of drug-likeness (QED) is 0.311. The first kappa shape index (κ1) is 26.1. The number of nitrogens with zero attached hydrogens (tertiary/aromatic N) is 2. The van der Waals surface area contributed by atoms with Gasteiger partial charge in [0.15, 0.2) is 0 Å². The van der Waals surface area contributed by atoms with Crippen LogP contribution in [-0.2, 0) is 30.4 Å². The second kappa shape index (κ2) is 11.0. The molecule has 0 radical (unpaired) electrons. The third kappa shape index (κ3) is 5.58. The van der Waals surface area contributed by atoms with Crippen LogP contribution >= 0.6 is 0 Å². The predicted molar refractivity (Wildman–Crippen MR) is 131 cm³/mol. The van der Waals surface area contributed by atoms with E-state index in [0.29, 0.717) is 25.7 Å². The molecule has 3 heterocycles. The molecule has 4 unspecified atom stereocenters. The van der Waals surface area contributed by atoms with E-state index in [1.807, 2.05) is 24.3 Å². The van der Waals surface area contributed by atoms with Crippen molar-refractivity contribution in [2.45, 2.75) is 62.7 Å². The Kier molecular flexibility index (Phi) is 7.77. The Balaban J connectivity index is 1.45. The first-order valence-corrected chi connectivity index (χ1v) is 12.3. The molecule has 2 aromatic rings. The summed E-state index contributed by atoms with van der Waals surface area (Å²) in [6.07, 6.45) is 2.97. The maximum Gasteiger partial charge on any atom is 0.326 e. The van der Waals surface area contributed by atoms with E-state index >= 15 is 0 Å². The van der Waals surface area contributed by atoms with Crippen molar-refractivity contribution in [2.75, 3.05) is 13.1 Å². The minimum atomic E-state index is -1.42. The van der Waals surface area contributed by atoms with Gasteiger partial charge in [-0.2, -0.15) is 0 Å². The summed E-state index contributed by atoms with van der Waals surface area (Å²) in [7, 11) is 0. The second-order valence-electron chi connectivity index (χ2n) is 9.55. The predicted octanol–water partition coefficient (Wildman–Crippen LogP) is 0.0638. The van der Waals surface area contributed by atoms with Crippen LogP contribution < -0.4 is 11.1 Å². The third-order valence-corrected chi connectivity index (χ3v) is 7.09. The normalized spacial score (nSPS) is 21.1. The number of carbonyl (C=O) groups excluding carboxylic acids is 3. The molecule has 12 nitrogen and oxygen atoms in total. The number of H-pyrrole nitrogens is 1. The molecule has 2 aliphatic heterocycles. The zero-order valence-corrected chi connectivity index (χ0v) is 20.3. The topological polar surface area (TPSA) is 186 Å². The maximum absolute atomic E-state index is 13.4. The van der Waals surface area contributed by atoms with Crippen molar-refractivity contribution in [3.8, 4) is 0 Å². The van der Waals surface area contributed by atoms with Gasteiger partial charge in [0.25, 0.3) is 0 Å². The van der Waals surface area contributed by atoms with Crippen LogP contribution in [0.5, 0.6) is 0 Å². The molecular formula is C25H31N5O7. The zero-order chi connectivity index (χ0) is 26.7. The lowest BCUT2D eigenvalue weighted by atomic mass is 10.0. The molecule has 0 saturated carbocycles. The number of amides is 3. The van der Waals surface area contributed by atoms with Crippen LogP contribution in [0.4, 0.5) is 0 Å². The van der Waals surface area contributed by atoms with Crippen molar-refractivity contribution in [2.24, 2.45) is 5.73 Å². The summed E-state index contributed by atoms with van der Waals surface area (Å²) in [4.78, 5) is 68.2. The average molecular weight is 514 g/mol. The fourth-order valence-electron chi connectivity index (χ4n) is 5.25. The number of fused-ring (bicyclic) bond motifs is 1. The van der Waals surface area contributed by atoms with E-state index in [2.05, 4.69) is 10.3 Å². The van der Waals surface area contributed by atoms with E-state index < -0.39 is 60.2 Å². The highest BCUT2D eigenvalue weighted by atomic mass is 16.4. The van der Waals surface area contributed by atoms with Gasteiger partial charge >= 0.3 is 11.9 Å². The number of carboxylic acids is 2. The molecule has 3 amide bonds. The average Bonchev–Trinajstić information content (AvgIpc) is 3.62. The molecule has 4 atom stereocenters. The molecule has 0 spiro atoms. The summed E-state index contributed by atoms with van der Waals surface area (Å²) in [6.45, 7) is 0.487. The highest BCUT2D eigenvalue weighted by molar-refractivity contribution is 5.96. The Morgan fingerprint density at radius 1 is 1.03 bits per heavy atom.